The van der Waals surface area contributed by atoms with E-state index in [1.165, 1.54) is 16.4 Å². The third-order valence-corrected chi connectivity index (χ3v) is 9.15. The van der Waals surface area contributed by atoms with Crippen molar-refractivity contribution in [3.63, 3.8) is 0 Å². The van der Waals surface area contributed by atoms with E-state index in [0.717, 1.165) is 32.2 Å². The average Bonchev–Trinajstić information content (AvgIpc) is 2.75. The number of benzene rings is 1. The van der Waals surface area contributed by atoms with Crippen LogP contribution in [0.3, 0.4) is 0 Å². The molecule has 0 unspecified atom stereocenters. The van der Waals surface area contributed by atoms with Crippen molar-refractivity contribution in [1.82, 2.24) is 14.1 Å². The second-order valence-corrected chi connectivity index (χ2v) is 11.7. The van der Waals surface area contributed by atoms with Crippen molar-refractivity contribution >= 4 is 27.5 Å². The molecule has 1 amide bonds. The molecule has 2 aliphatic rings. The van der Waals surface area contributed by atoms with E-state index in [0.29, 0.717) is 31.7 Å². The first-order chi connectivity index (χ1) is 15.0. The minimum Gasteiger partial charge on any atom is -0.340 e. The van der Waals surface area contributed by atoms with Gasteiger partial charge in [-0.1, -0.05) is 11.6 Å². The number of nitrogens with zero attached hydrogens (tertiary/aromatic N) is 3. The summed E-state index contributed by atoms with van der Waals surface area (Å²) < 4.78 is 41.8. The van der Waals surface area contributed by atoms with Crippen LogP contribution in [0.5, 0.6) is 0 Å². The molecular weight excluding hydrogens is 453 g/mol. The lowest BCUT2D eigenvalue weighted by atomic mass is 9.84. The second kappa shape index (κ2) is 10.4. The molecular formula is C23H35ClFN3O3S. The van der Waals surface area contributed by atoms with Gasteiger partial charge in [-0.25, -0.2) is 12.8 Å². The second-order valence-electron chi connectivity index (χ2n) is 9.47. The highest BCUT2D eigenvalue weighted by atomic mass is 35.5. The lowest BCUT2D eigenvalue weighted by Crippen LogP contribution is -2.53. The quantitative estimate of drug-likeness (QED) is 0.608. The van der Waals surface area contributed by atoms with Gasteiger partial charge in [-0.05, 0) is 71.6 Å². The molecule has 0 bridgehead atoms. The molecule has 9 heteroatoms. The smallest absolute Gasteiger partial charge is 0.243 e. The molecule has 1 aromatic rings. The maximum Gasteiger partial charge on any atom is 0.243 e. The Labute approximate surface area is 196 Å². The monoisotopic (exact) mass is 487 g/mol. The van der Waals surface area contributed by atoms with E-state index in [4.69, 9.17) is 11.6 Å². The van der Waals surface area contributed by atoms with Crippen molar-refractivity contribution in [1.29, 1.82) is 0 Å². The van der Waals surface area contributed by atoms with Crippen LogP contribution >= 0.6 is 11.6 Å². The van der Waals surface area contributed by atoms with Gasteiger partial charge in [-0.15, -0.1) is 0 Å². The molecule has 0 N–H and O–H groups in total. The van der Waals surface area contributed by atoms with Crippen LogP contribution in [0.2, 0.25) is 5.02 Å². The SMILES string of the molecule is CC(C)N1CCN(C(=O)C2CCC(N(C(C)C)S(=O)(=O)c3ccc(F)c(Cl)c3)CC2)CC1. The first-order valence-corrected chi connectivity index (χ1v) is 13.4. The van der Waals surface area contributed by atoms with Crippen LogP contribution < -0.4 is 0 Å². The molecule has 1 saturated carbocycles. The number of piperazine rings is 1. The highest BCUT2D eigenvalue weighted by Crippen LogP contribution is 2.34. The Morgan fingerprint density at radius 3 is 2.16 bits per heavy atom. The van der Waals surface area contributed by atoms with Gasteiger partial charge >= 0.3 is 0 Å². The minimum atomic E-state index is -3.83. The summed E-state index contributed by atoms with van der Waals surface area (Å²) in [4.78, 5) is 17.4. The van der Waals surface area contributed by atoms with Gasteiger partial charge in [-0.3, -0.25) is 9.69 Å². The Morgan fingerprint density at radius 1 is 1.06 bits per heavy atom. The van der Waals surface area contributed by atoms with E-state index in [9.17, 15) is 17.6 Å². The third-order valence-electron chi connectivity index (χ3n) is 6.74. The van der Waals surface area contributed by atoms with E-state index >= 15 is 0 Å². The van der Waals surface area contributed by atoms with Gasteiger partial charge in [0.25, 0.3) is 0 Å². The normalized spacial score (nSPS) is 23.3. The van der Waals surface area contributed by atoms with Gasteiger partial charge in [-0.2, -0.15) is 4.31 Å². The van der Waals surface area contributed by atoms with Crippen LogP contribution in [0.15, 0.2) is 23.1 Å². The Hall–Kier alpha value is -1.22. The highest BCUT2D eigenvalue weighted by Gasteiger charge is 2.38. The van der Waals surface area contributed by atoms with Crippen molar-refractivity contribution in [3.05, 3.63) is 29.0 Å². The molecule has 1 aromatic carbocycles. The van der Waals surface area contributed by atoms with E-state index in [2.05, 4.69) is 18.7 Å². The van der Waals surface area contributed by atoms with E-state index in [-0.39, 0.29) is 33.8 Å². The summed E-state index contributed by atoms with van der Waals surface area (Å²) in [5.41, 5.74) is 0. The molecule has 1 aliphatic heterocycles. The number of amides is 1. The van der Waals surface area contributed by atoms with Crippen LogP contribution in [-0.2, 0) is 14.8 Å². The number of hydrogen-bond acceptors (Lipinski definition) is 4. The molecule has 0 atom stereocenters. The van der Waals surface area contributed by atoms with E-state index in [1.807, 2.05) is 18.7 Å². The molecule has 2 fully saturated rings. The van der Waals surface area contributed by atoms with Crippen LogP contribution in [0.25, 0.3) is 0 Å². The lowest BCUT2D eigenvalue weighted by molar-refractivity contribution is -0.138. The molecule has 0 aromatic heterocycles. The zero-order valence-corrected chi connectivity index (χ0v) is 21.0. The first-order valence-electron chi connectivity index (χ1n) is 11.5. The van der Waals surface area contributed by atoms with Gasteiger partial charge < -0.3 is 4.90 Å². The van der Waals surface area contributed by atoms with Gasteiger partial charge in [0.15, 0.2) is 0 Å². The predicted molar refractivity (Wildman–Crippen MR) is 125 cm³/mol. The van der Waals surface area contributed by atoms with Crippen LogP contribution in [0, 0.1) is 11.7 Å². The van der Waals surface area contributed by atoms with Gasteiger partial charge in [0, 0.05) is 50.2 Å². The maximum absolute atomic E-state index is 13.6. The first kappa shape index (κ1) is 25.4. The van der Waals surface area contributed by atoms with Crippen molar-refractivity contribution in [3.8, 4) is 0 Å². The molecule has 180 valence electrons. The Bertz CT molecular complexity index is 909. The van der Waals surface area contributed by atoms with Crippen LogP contribution in [0.4, 0.5) is 4.39 Å². The Balaban J connectivity index is 1.65. The van der Waals surface area contributed by atoms with Gasteiger partial charge in [0.05, 0.1) is 9.92 Å². The van der Waals surface area contributed by atoms with Crippen molar-refractivity contribution < 1.29 is 17.6 Å². The van der Waals surface area contributed by atoms with E-state index in [1.54, 1.807) is 0 Å². The summed E-state index contributed by atoms with van der Waals surface area (Å²) >= 11 is 5.84. The lowest BCUT2D eigenvalue weighted by Gasteiger charge is -2.41. The molecule has 32 heavy (non-hydrogen) atoms. The Kier molecular flexibility index (Phi) is 8.23. The number of sulfonamides is 1. The summed E-state index contributed by atoms with van der Waals surface area (Å²) in [7, 11) is -3.83. The van der Waals surface area contributed by atoms with Crippen molar-refractivity contribution in [2.75, 3.05) is 26.2 Å². The molecule has 1 aliphatic carbocycles. The molecule has 1 saturated heterocycles. The van der Waals surface area contributed by atoms with Crippen molar-refractivity contribution in [2.45, 2.75) is 76.4 Å². The summed E-state index contributed by atoms with van der Waals surface area (Å²) in [6, 6.07) is 3.56. The molecule has 0 radical (unpaired) electrons. The average molecular weight is 488 g/mol. The molecule has 3 rings (SSSR count). The highest BCUT2D eigenvalue weighted by molar-refractivity contribution is 7.89. The fourth-order valence-corrected chi connectivity index (χ4v) is 7.10. The number of hydrogen-bond donors (Lipinski definition) is 0. The zero-order chi connectivity index (χ0) is 23.6. The standard InChI is InChI=1S/C23H35ClFN3O3S/c1-16(2)26-11-13-27(14-12-26)23(29)18-5-7-19(8-6-18)28(17(3)4)32(30,31)20-9-10-22(25)21(24)15-20/h9-10,15-19H,5-8,11-14H2,1-4H3. The third kappa shape index (κ3) is 5.46. The summed E-state index contributed by atoms with van der Waals surface area (Å²) in [5, 5.41) is -0.207. The fourth-order valence-electron chi connectivity index (χ4n) is 4.95. The summed E-state index contributed by atoms with van der Waals surface area (Å²) in [6.45, 7) is 11.4. The minimum absolute atomic E-state index is 0.00109. The molecule has 6 nitrogen and oxygen atoms in total. The largest absolute Gasteiger partial charge is 0.340 e. The zero-order valence-electron chi connectivity index (χ0n) is 19.4. The fraction of sp³-hybridized carbons (Fsp3) is 0.696. The summed E-state index contributed by atoms with van der Waals surface area (Å²) in [6.07, 6.45) is 2.62. The topological polar surface area (TPSA) is 60.9 Å². The van der Waals surface area contributed by atoms with Gasteiger partial charge in [0.2, 0.25) is 15.9 Å². The van der Waals surface area contributed by atoms with Crippen LogP contribution in [0.1, 0.15) is 53.4 Å². The van der Waals surface area contributed by atoms with Crippen molar-refractivity contribution in [2.24, 2.45) is 5.92 Å². The predicted octanol–water partition coefficient (Wildman–Crippen LogP) is 3.99. The summed E-state index contributed by atoms with van der Waals surface area (Å²) in [5.74, 6) is -0.486. The van der Waals surface area contributed by atoms with Gasteiger partial charge in [0.1, 0.15) is 5.82 Å². The number of carbonyl (C=O) groups excluding carboxylic acids is 1. The molecule has 1 heterocycles. The van der Waals surface area contributed by atoms with E-state index < -0.39 is 15.8 Å². The number of rotatable bonds is 6. The molecule has 0 spiro atoms. The van der Waals surface area contributed by atoms with Crippen LogP contribution in [-0.4, -0.2) is 72.7 Å². The number of halogens is 2. The number of carbonyl (C=O) groups is 1. The Morgan fingerprint density at radius 2 is 1.66 bits per heavy atom. The maximum atomic E-state index is 13.6.